The van der Waals surface area contributed by atoms with E-state index < -0.39 is 11.7 Å². The quantitative estimate of drug-likeness (QED) is 0.816. The molecular formula is C12H13BrClFN2O. The van der Waals surface area contributed by atoms with Crippen molar-refractivity contribution in [2.75, 3.05) is 13.1 Å². The third-order valence-electron chi connectivity index (χ3n) is 2.89. The molecule has 1 amide bonds. The molecule has 0 unspecified atom stereocenters. The Morgan fingerprint density at radius 2 is 2.33 bits per heavy atom. The highest BCUT2D eigenvalue weighted by atomic mass is 79.9. The maximum Gasteiger partial charge on any atom is 0.254 e. The van der Waals surface area contributed by atoms with Gasteiger partial charge in [0.25, 0.3) is 5.91 Å². The molecule has 1 aromatic carbocycles. The van der Waals surface area contributed by atoms with Crippen molar-refractivity contribution in [1.82, 2.24) is 10.6 Å². The van der Waals surface area contributed by atoms with Crippen molar-refractivity contribution in [3.05, 3.63) is 33.0 Å². The Kier molecular flexibility index (Phi) is 4.59. The first-order valence-corrected chi connectivity index (χ1v) is 6.91. The van der Waals surface area contributed by atoms with Crippen LogP contribution in [-0.4, -0.2) is 25.0 Å². The fraction of sp³-hybridized carbons (Fsp3) is 0.417. The second-order valence-electron chi connectivity index (χ2n) is 4.26. The van der Waals surface area contributed by atoms with Crippen molar-refractivity contribution >= 4 is 33.4 Å². The van der Waals surface area contributed by atoms with Crippen LogP contribution in [0.4, 0.5) is 4.39 Å². The van der Waals surface area contributed by atoms with Gasteiger partial charge >= 0.3 is 0 Å². The Labute approximate surface area is 118 Å². The largest absolute Gasteiger partial charge is 0.348 e. The molecule has 1 heterocycles. The summed E-state index contributed by atoms with van der Waals surface area (Å²) in [5.74, 6) is -0.997. The first kappa shape index (κ1) is 13.8. The summed E-state index contributed by atoms with van der Waals surface area (Å²) in [6, 6.07) is 2.59. The molecule has 0 aromatic heterocycles. The van der Waals surface area contributed by atoms with E-state index >= 15 is 0 Å². The smallest absolute Gasteiger partial charge is 0.254 e. The van der Waals surface area contributed by atoms with Gasteiger partial charge in [0.1, 0.15) is 5.82 Å². The molecule has 1 aliphatic heterocycles. The zero-order valence-electron chi connectivity index (χ0n) is 9.60. The molecule has 2 rings (SSSR count). The van der Waals surface area contributed by atoms with E-state index in [4.69, 9.17) is 11.6 Å². The molecule has 0 aliphatic carbocycles. The Morgan fingerprint density at radius 1 is 1.56 bits per heavy atom. The maximum absolute atomic E-state index is 13.7. The van der Waals surface area contributed by atoms with Crippen LogP contribution in [0.1, 0.15) is 23.2 Å². The molecule has 1 atom stereocenters. The van der Waals surface area contributed by atoms with Crippen LogP contribution in [0.2, 0.25) is 5.02 Å². The van der Waals surface area contributed by atoms with Gasteiger partial charge in [-0.15, -0.1) is 0 Å². The molecule has 0 radical (unpaired) electrons. The van der Waals surface area contributed by atoms with Crippen LogP contribution < -0.4 is 10.6 Å². The van der Waals surface area contributed by atoms with Crippen molar-refractivity contribution in [2.45, 2.75) is 18.9 Å². The summed E-state index contributed by atoms with van der Waals surface area (Å²) in [6.07, 6.45) is 1.92. The lowest BCUT2D eigenvalue weighted by molar-refractivity contribution is 0.0926. The van der Waals surface area contributed by atoms with Gasteiger partial charge in [-0.25, -0.2) is 4.39 Å². The number of hydrogen-bond acceptors (Lipinski definition) is 2. The average molecular weight is 336 g/mol. The van der Waals surface area contributed by atoms with Gasteiger partial charge in [0.05, 0.1) is 10.6 Å². The van der Waals surface area contributed by atoms with Gasteiger partial charge in [-0.3, -0.25) is 4.79 Å². The Bertz CT molecular complexity index is 464. The molecule has 1 aromatic rings. The Hall–Kier alpha value is -0.650. The topological polar surface area (TPSA) is 41.1 Å². The minimum Gasteiger partial charge on any atom is -0.348 e. The minimum atomic E-state index is -0.576. The molecule has 6 heteroatoms. The molecule has 0 saturated carbocycles. The number of amides is 1. The first-order chi connectivity index (χ1) is 8.58. The molecule has 1 fully saturated rings. The fourth-order valence-electron chi connectivity index (χ4n) is 1.93. The fourth-order valence-corrected chi connectivity index (χ4v) is 2.41. The van der Waals surface area contributed by atoms with E-state index in [0.29, 0.717) is 9.50 Å². The van der Waals surface area contributed by atoms with E-state index in [1.807, 2.05) is 0 Å². The third kappa shape index (κ3) is 3.22. The van der Waals surface area contributed by atoms with Gasteiger partial charge in [0.2, 0.25) is 0 Å². The van der Waals surface area contributed by atoms with E-state index in [9.17, 15) is 9.18 Å². The van der Waals surface area contributed by atoms with Gasteiger partial charge < -0.3 is 10.6 Å². The molecular weight excluding hydrogens is 322 g/mol. The zero-order valence-corrected chi connectivity index (χ0v) is 11.9. The summed E-state index contributed by atoms with van der Waals surface area (Å²) >= 11 is 8.98. The number of piperidine rings is 1. The van der Waals surface area contributed by atoms with Crippen LogP contribution in [0.5, 0.6) is 0 Å². The predicted octanol–water partition coefficient (Wildman–Crippen LogP) is 2.72. The molecule has 3 nitrogen and oxygen atoms in total. The lowest BCUT2D eigenvalue weighted by atomic mass is 10.1. The summed E-state index contributed by atoms with van der Waals surface area (Å²) in [6.45, 7) is 1.68. The normalized spacial score (nSPS) is 19.6. The highest BCUT2D eigenvalue weighted by Crippen LogP contribution is 2.25. The van der Waals surface area contributed by atoms with E-state index in [1.165, 1.54) is 12.1 Å². The van der Waals surface area contributed by atoms with Gasteiger partial charge in [-0.2, -0.15) is 0 Å². The molecule has 0 bridgehead atoms. The van der Waals surface area contributed by atoms with Crippen molar-refractivity contribution < 1.29 is 9.18 Å². The van der Waals surface area contributed by atoms with Crippen molar-refractivity contribution in [3.63, 3.8) is 0 Å². The van der Waals surface area contributed by atoms with E-state index in [0.717, 1.165) is 25.9 Å². The molecule has 1 aliphatic rings. The van der Waals surface area contributed by atoms with Gasteiger partial charge in [-0.1, -0.05) is 11.6 Å². The number of rotatable bonds is 2. The van der Waals surface area contributed by atoms with Crippen LogP contribution in [0, 0.1) is 5.82 Å². The Balaban J connectivity index is 2.10. The minimum absolute atomic E-state index is 0.0197. The SMILES string of the molecule is O=C(N[C@@H]1CCCNC1)c1cc(Cl)c(Br)cc1F. The molecule has 98 valence electrons. The van der Waals surface area contributed by atoms with Crippen molar-refractivity contribution in [2.24, 2.45) is 0 Å². The monoisotopic (exact) mass is 334 g/mol. The number of benzene rings is 1. The number of hydrogen-bond donors (Lipinski definition) is 2. The lowest BCUT2D eigenvalue weighted by Gasteiger charge is -2.23. The van der Waals surface area contributed by atoms with Crippen molar-refractivity contribution in [3.8, 4) is 0 Å². The third-order valence-corrected chi connectivity index (χ3v) is 4.08. The first-order valence-electron chi connectivity index (χ1n) is 5.74. The van der Waals surface area contributed by atoms with Crippen LogP contribution in [0.25, 0.3) is 0 Å². The van der Waals surface area contributed by atoms with Crippen LogP contribution in [0.3, 0.4) is 0 Å². The number of nitrogens with one attached hydrogen (secondary N) is 2. The van der Waals surface area contributed by atoms with Crippen molar-refractivity contribution in [1.29, 1.82) is 0 Å². The molecule has 0 spiro atoms. The summed E-state index contributed by atoms with van der Waals surface area (Å²) in [4.78, 5) is 11.9. The highest BCUT2D eigenvalue weighted by molar-refractivity contribution is 9.10. The van der Waals surface area contributed by atoms with E-state index in [-0.39, 0.29) is 11.6 Å². The maximum atomic E-state index is 13.7. The number of carbonyl (C=O) groups excluding carboxylic acids is 1. The number of carbonyl (C=O) groups is 1. The Morgan fingerprint density at radius 3 is 3.00 bits per heavy atom. The summed E-state index contributed by atoms with van der Waals surface area (Å²) < 4.78 is 14.1. The van der Waals surface area contributed by atoms with Gasteiger partial charge in [0, 0.05) is 17.1 Å². The van der Waals surface area contributed by atoms with Crippen LogP contribution in [-0.2, 0) is 0 Å². The molecule has 18 heavy (non-hydrogen) atoms. The van der Waals surface area contributed by atoms with Crippen LogP contribution >= 0.6 is 27.5 Å². The van der Waals surface area contributed by atoms with E-state index in [2.05, 4.69) is 26.6 Å². The second kappa shape index (κ2) is 5.99. The van der Waals surface area contributed by atoms with Crippen LogP contribution in [0.15, 0.2) is 16.6 Å². The summed E-state index contributed by atoms with van der Waals surface area (Å²) in [5, 5.41) is 6.31. The highest BCUT2D eigenvalue weighted by Gasteiger charge is 2.19. The predicted molar refractivity (Wildman–Crippen MR) is 72.5 cm³/mol. The van der Waals surface area contributed by atoms with Gasteiger partial charge in [0.15, 0.2) is 0 Å². The summed E-state index contributed by atoms with van der Waals surface area (Å²) in [5.41, 5.74) is -0.0197. The second-order valence-corrected chi connectivity index (χ2v) is 5.52. The lowest BCUT2D eigenvalue weighted by Crippen LogP contribution is -2.45. The van der Waals surface area contributed by atoms with E-state index in [1.54, 1.807) is 0 Å². The zero-order chi connectivity index (χ0) is 13.1. The standard InChI is InChI=1S/C12H13BrClFN2O/c13-9-5-11(15)8(4-10(9)14)12(18)17-7-2-1-3-16-6-7/h4-5,7,16H,1-3,6H2,(H,17,18)/t7-/m1/s1. The summed E-state index contributed by atoms with van der Waals surface area (Å²) in [7, 11) is 0. The molecule has 1 saturated heterocycles. The molecule has 2 N–H and O–H groups in total. The van der Waals surface area contributed by atoms with Gasteiger partial charge in [-0.05, 0) is 47.4 Å². The number of halogens is 3. The average Bonchev–Trinajstić information content (AvgIpc) is 2.35.